The molecule has 1 heterocycles. The number of hydrogen-bond donors (Lipinski definition) is 2. The Balaban J connectivity index is 2.06. The highest BCUT2D eigenvalue weighted by atomic mass is 16.3. The van der Waals surface area contributed by atoms with E-state index in [4.69, 9.17) is 4.42 Å². The summed E-state index contributed by atoms with van der Waals surface area (Å²) in [5.74, 6) is -0.440. The molecule has 0 aliphatic carbocycles. The second-order valence-corrected chi connectivity index (χ2v) is 5.32. The van der Waals surface area contributed by atoms with E-state index in [9.17, 15) is 9.90 Å². The summed E-state index contributed by atoms with van der Waals surface area (Å²) in [4.78, 5) is 11.8. The molecule has 1 aromatic heterocycles. The monoisotopic (exact) mass is 269 g/mol. The van der Waals surface area contributed by atoms with Gasteiger partial charge in [0, 0.05) is 16.5 Å². The van der Waals surface area contributed by atoms with Crippen LogP contribution in [-0.4, -0.2) is 16.6 Å². The SMILES string of the molecule is CC(C)(O)C(=O)Nc1ccc2oc3ccccc3c2c1. The van der Waals surface area contributed by atoms with Gasteiger partial charge in [0.15, 0.2) is 0 Å². The molecule has 0 fully saturated rings. The van der Waals surface area contributed by atoms with Gasteiger partial charge in [-0.1, -0.05) is 18.2 Å². The number of hydrogen-bond acceptors (Lipinski definition) is 3. The Morgan fingerprint density at radius 1 is 1.10 bits per heavy atom. The van der Waals surface area contributed by atoms with Gasteiger partial charge in [0.2, 0.25) is 0 Å². The Bertz CT molecular complexity index is 796. The molecule has 0 saturated carbocycles. The van der Waals surface area contributed by atoms with Crippen molar-refractivity contribution in [1.29, 1.82) is 0 Å². The number of amides is 1. The van der Waals surface area contributed by atoms with Gasteiger partial charge in [-0.05, 0) is 38.1 Å². The smallest absolute Gasteiger partial charge is 0.255 e. The maximum absolute atomic E-state index is 11.8. The molecule has 102 valence electrons. The van der Waals surface area contributed by atoms with Gasteiger partial charge in [-0.3, -0.25) is 4.79 Å². The van der Waals surface area contributed by atoms with Crippen molar-refractivity contribution >= 4 is 33.5 Å². The van der Waals surface area contributed by atoms with E-state index in [0.29, 0.717) is 5.69 Å². The summed E-state index contributed by atoms with van der Waals surface area (Å²) >= 11 is 0. The molecule has 0 saturated heterocycles. The molecule has 0 atom stereocenters. The Morgan fingerprint density at radius 3 is 2.55 bits per heavy atom. The van der Waals surface area contributed by atoms with E-state index in [1.54, 1.807) is 6.07 Å². The zero-order valence-corrected chi connectivity index (χ0v) is 11.3. The van der Waals surface area contributed by atoms with Crippen LogP contribution in [0.4, 0.5) is 5.69 Å². The average molecular weight is 269 g/mol. The number of nitrogens with one attached hydrogen (secondary N) is 1. The van der Waals surface area contributed by atoms with E-state index in [0.717, 1.165) is 21.9 Å². The maximum atomic E-state index is 11.8. The van der Waals surface area contributed by atoms with Gasteiger partial charge < -0.3 is 14.8 Å². The fourth-order valence-corrected chi connectivity index (χ4v) is 2.09. The van der Waals surface area contributed by atoms with Gasteiger partial charge in [-0.25, -0.2) is 0 Å². The van der Waals surface area contributed by atoms with Crippen LogP contribution in [0.2, 0.25) is 0 Å². The minimum Gasteiger partial charge on any atom is -0.456 e. The lowest BCUT2D eigenvalue weighted by Gasteiger charge is -2.16. The van der Waals surface area contributed by atoms with Crippen LogP contribution in [-0.2, 0) is 4.79 Å². The molecule has 1 amide bonds. The molecule has 3 aromatic rings. The summed E-state index contributed by atoms with van der Waals surface area (Å²) in [6.07, 6.45) is 0. The van der Waals surface area contributed by atoms with Crippen LogP contribution in [0, 0.1) is 0 Å². The van der Waals surface area contributed by atoms with Crippen LogP contribution in [0.5, 0.6) is 0 Å². The molecule has 0 radical (unpaired) electrons. The third-order valence-electron chi connectivity index (χ3n) is 3.19. The van der Waals surface area contributed by atoms with E-state index in [-0.39, 0.29) is 0 Å². The minimum absolute atomic E-state index is 0.440. The molecule has 0 bridgehead atoms. The van der Waals surface area contributed by atoms with E-state index < -0.39 is 11.5 Å². The highest BCUT2D eigenvalue weighted by Gasteiger charge is 2.23. The van der Waals surface area contributed by atoms with Crippen LogP contribution in [0.3, 0.4) is 0 Å². The van der Waals surface area contributed by atoms with Crippen molar-refractivity contribution in [1.82, 2.24) is 0 Å². The third-order valence-corrected chi connectivity index (χ3v) is 3.19. The van der Waals surface area contributed by atoms with Crippen LogP contribution in [0.1, 0.15) is 13.8 Å². The summed E-state index contributed by atoms with van der Waals surface area (Å²) in [7, 11) is 0. The molecule has 20 heavy (non-hydrogen) atoms. The lowest BCUT2D eigenvalue weighted by atomic mass is 10.1. The van der Waals surface area contributed by atoms with E-state index in [2.05, 4.69) is 5.32 Å². The van der Waals surface area contributed by atoms with Gasteiger partial charge in [0.25, 0.3) is 5.91 Å². The van der Waals surface area contributed by atoms with Gasteiger partial charge in [0.05, 0.1) is 0 Å². The first-order valence-corrected chi connectivity index (χ1v) is 6.40. The number of para-hydroxylation sites is 1. The van der Waals surface area contributed by atoms with Crippen molar-refractivity contribution < 1.29 is 14.3 Å². The summed E-state index contributed by atoms with van der Waals surface area (Å²) < 4.78 is 5.72. The predicted molar refractivity (Wildman–Crippen MR) is 78.6 cm³/mol. The second kappa shape index (κ2) is 4.35. The zero-order valence-electron chi connectivity index (χ0n) is 11.3. The van der Waals surface area contributed by atoms with Crippen LogP contribution in [0.15, 0.2) is 46.9 Å². The largest absolute Gasteiger partial charge is 0.456 e. The lowest BCUT2D eigenvalue weighted by Crippen LogP contribution is -2.36. The number of carbonyl (C=O) groups excluding carboxylic acids is 1. The summed E-state index contributed by atoms with van der Waals surface area (Å²) in [6, 6.07) is 13.2. The molecular formula is C16H15NO3. The fourth-order valence-electron chi connectivity index (χ4n) is 2.09. The molecule has 0 aliphatic rings. The fraction of sp³-hybridized carbons (Fsp3) is 0.188. The summed E-state index contributed by atoms with van der Waals surface area (Å²) in [5.41, 5.74) is 0.810. The first kappa shape index (κ1) is 12.7. The number of anilines is 1. The van der Waals surface area contributed by atoms with Gasteiger partial charge in [-0.15, -0.1) is 0 Å². The van der Waals surface area contributed by atoms with Crippen molar-refractivity contribution in [3.8, 4) is 0 Å². The highest BCUT2D eigenvalue weighted by molar-refractivity contribution is 6.07. The Hall–Kier alpha value is -2.33. The Kier molecular flexibility index (Phi) is 2.76. The zero-order chi connectivity index (χ0) is 14.3. The molecule has 0 aliphatic heterocycles. The Morgan fingerprint density at radius 2 is 1.80 bits per heavy atom. The lowest BCUT2D eigenvalue weighted by molar-refractivity contribution is -0.130. The molecular weight excluding hydrogens is 254 g/mol. The molecule has 0 unspecified atom stereocenters. The normalized spacial score (nSPS) is 11.9. The number of aliphatic hydroxyl groups is 1. The topological polar surface area (TPSA) is 62.5 Å². The van der Waals surface area contributed by atoms with Crippen molar-refractivity contribution in [2.24, 2.45) is 0 Å². The number of benzene rings is 2. The third kappa shape index (κ3) is 2.14. The molecule has 2 aromatic carbocycles. The van der Waals surface area contributed by atoms with Gasteiger partial charge in [0.1, 0.15) is 16.8 Å². The molecule has 4 nitrogen and oxygen atoms in total. The molecule has 2 N–H and O–H groups in total. The molecule has 0 spiro atoms. The quantitative estimate of drug-likeness (QED) is 0.750. The van der Waals surface area contributed by atoms with Crippen LogP contribution < -0.4 is 5.32 Å². The van der Waals surface area contributed by atoms with Crippen LogP contribution >= 0.6 is 0 Å². The summed E-state index contributed by atoms with van der Waals surface area (Å²) in [6.45, 7) is 2.90. The number of fused-ring (bicyclic) bond motifs is 3. The molecule has 3 rings (SSSR count). The standard InChI is InChI=1S/C16H15NO3/c1-16(2,19)15(18)17-10-7-8-14-12(9-10)11-5-3-4-6-13(11)20-14/h3-9,19H,1-2H3,(H,17,18). The first-order valence-electron chi connectivity index (χ1n) is 6.40. The Labute approximate surface area is 116 Å². The number of furan rings is 1. The van der Waals surface area contributed by atoms with Gasteiger partial charge >= 0.3 is 0 Å². The van der Waals surface area contributed by atoms with E-state index >= 15 is 0 Å². The van der Waals surface area contributed by atoms with Gasteiger partial charge in [-0.2, -0.15) is 0 Å². The van der Waals surface area contributed by atoms with Crippen molar-refractivity contribution in [3.63, 3.8) is 0 Å². The van der Waals surface area contributed by atoms with Crippen molar-refractivity contribution in [2.75, 3.05) is 5.32 Å². The number of carbonyl (C=O) groups is 1. The van der Waals surface area contributed by atoms with E-state index in [1.807, 2.05) is 36.4 Å². The second-order valence-electron chi connectivity index (χ2n) is 5.32. The van der Waals surface area contributed by atoms with Crippen LogP contribution in [0.25, 0.3) is 21.9 Å². The summed E-state index contributed by atoms with van der Waals surface area (Å²) in [5, 5.41) is 14.3. The average Bonchev–Trinajstić information content (AvgIpc) is 2.76. The predicted octanol–water partition coefficient (Wildman–Crippen LogP) is 3.30. The number of rotatable bonds is 2. The molecule has 4 heteroatoms. The first-order chi connectivity index (χ1) is 9.45. The van der Waals surface area contributed by atoms with Crippen molar-refractivity contribution in [3.05, 3.63) is 42.5 Å². The van der Waals surface area contributed by atoms with E-state index in [1.165, 1.54) is 13.8 Å². The maximum Gasteiger partial charge on any atom is 0.255 e. The highest BCUT2D eigenvalue weighted by Crippen LogP contribution is 2.30. The minimum atomic E-state index is -1.41. The van der Waals surface area contributed by atoms with Crippen molar-refractivity contribution in [2.45, 2.75) is 19.4 Å².